The Morgan fingerprint density at radius 1 is 1.17 bits per heavy atom. The van der Waals surface area contributed by atoms with Gasteiger partial charge in [0.1, 0.15) is 17.6 Å². The third-order valence-electron chi connectivity index (χ3n) is 6.40. The zero-order valence-electron chi connectivity index (χ0n) is 16.3. The topological polar surface area (TPSA) is 113 Å². The van der Waals surface area contributed by atoms with E-state index in [9.17, 15) is 19.2 Å². The predicted molar refractivity (Wildman–Crippen MR) is 104 cm³/mol. The Labute approximate surface area is 169 Å². The van der Waals surface area contributed by atoms with E-state index in [1.54, 1.807) is 4.90 Å². The summed E-state index contributed by atoms with van der Waals surface area (Å²) in [6, 6.07) is 8.17. The molecule has 1 aromatic rings. The van der Waals surface area contributed by atoms with Gasteiger partial charge in [-0.25, -0.2) is 0 Å². The van der Waals surface area contributed by atoms with Crippen molar-refractivity contribution < 1.29 is 19.2 Å². The van der Waals surface area contributed by atoms with Crippen LogP contribution in [0.5, 0.6) is 0 Å². The van der Waals surface area contributed by atoms with E-state index in [0.717, 1.165) is 5.56 Å². The van der Waals surface area contributed by atoms with Crippen molar-refractivity contribution >= 4 is 23.6 Å². The fourth-order valence-electron chi connectivity index (χ4n) is 4.84. The number of likely N-dealkylation sites (tertiary alicyclic amines) is 2. The summed E-state index contributed by atoms with van der Waals surface area (Å²) in [7, 11) is 0. The normalized spacial score (nSPS) is 27.5. The van der Waals surface area contributed by atoms with E-state index in [2.05, 4.69) is 5.32 Å². The highest BCUT2D eigenvalue weighted by Gasteiger charge is 2.54. The minimum atomic E-state index is -0.888. The number of rotatable bonds is 5. The molecule has 0 aromatic heterocycles. The first-order valence-corrected chi connectivity index (χ1v) is 10.2. The van der Waals surface area contributed by atoms with Crippen LogP contribution in [0.1, 0.15) is 37.7 Å². The van der Waals surface area contributed by atoms with Crippen molar-refractivity contribution in [3.8, 4) is 0 Å². The van der Waals surface area contributed by atoms with Crippen LogP contribution in [-0.4, -0.2) is 64.1 Å². The molecule has 0 saturated carbocycles. The van der Waals surface area contributed by atoms with Crippen molar-refractivity contribution in [1.82, 2.24) is 15.1 Å². The SMILES string of the molecule is NC(=O)[C@@H]1CCCN1C(=O)C(Cc1ccccc1)N1CC[C@]2(CCC(=O)N2)C1=O. The molecular weight excluding hydrogens is 372 g/mol. The van der Waals surface area contributed by atoms with Crippen LogP contribution in [-0.2, 0) is 25.6 Å². The van der Waals surface area contributed by atoms with E-state index in [0.29, 0.717) is 51.6 Å². The summed E-state index contributed by atoms with van der Waals surface area (Å²) < 4.78 is 0. The molecule has 8 heteroatoms. The molecule has 3 heterocycles. The van der Waals surface area contributed by atoms with Crippen LogP contribution in [0, 0.1) is 0 Å². The van der Waals surface area contributed by atoms with Gasteiger partial charge < -0.3 is 20.9 Å². The molecule has 0 bridgehead atoms. The number of amides is 4. The summed E-state index contributed by atoms with van der Waals surface area (Å²) in [4.78, 5) is 53.5. The van der Waals surface area contributed by atoms with Crippen molar-refractivity contribution in [2.45, 2.75) is 56.1 Å². The molecule has 1 spiro atoms. The largest absolute Gasteiger partial charge is 0.368 e. The molecule has 3 N–H and O–H groups in total. The van der Waals surface area contributed by atoms with Crippen molar-refractivity contribution in [2.24, 2.45) is 5.73 Å². The number of benzene rings is 1. The zero-order valence-corrected chi connectivity index (χ0v) is 16.3. The minimum Gasteiger partial charge on any atom is -0.368 e. The molecule has 154 valence electrons. The lowest BCUT2D eigenvalue weighted by atomic mass is 9.95. The molecule has 3 atom stereocenters. The second kappa shape index (κ2) is 7.50. The Balaban J connectivity index is 1.62. The quantitative estimate of drug-likeness (QED) is 0.724. The van der Waals surface area contributed by atoms with Gasteiger partial charge in [-0.1, -0.05) is 30.3 Å². The van der Waals surface area contributed by atoms with Crippen molar-refractivity contribution in [3.63, 3.8) is 0 Å². The van der Waals surface area contributed by atoms with Crippen molar-refractivity contribution in [1.29, 1.82) is 0 Å². The second-order valence-electron chi connectivity index (χ2n) is 8.18. The van der Waals surface area contributed by atoms with Crippen LogP contribution in [0.15, 0.2) is 30.3 Å². The van der Waals surface area contributed by atoms with Gasteiger partial charge >= 0.3 is 0 Å². The number of nitrogens with zero attached hydrogens (tertiary/aromatic N) is 2. The standard InChI is InChI=1S/C21H26N4O4/c22-18(27)15-7-4-11-24(15)19(28)16(13-14-5-2-1-3-6-14)25-12-10-21(20(25)29)9-8-17(26)23-21/h1-3,5-6,15-16H,4,7-13H2,(H2,22,27)(H,23,26)/t15-,16?,21+/m0/s1. The number of carbonyl (C=O) groups excluding carboxylic acids is 4. The Hall–Kier alpha value is -2.90. The number of nitrogens with two attached hydrogens (primary N) is 1. The molecule has 3 saturated heterocycles. The Kier molecular flexibility index (Phi) is 5.02. The number of hydrogen-bond acceptors (Lipinski definition) is 4. The zero-order chi connectivity index (χ0) is 20.6. The maximum atomic E-state index is 13.5. The van der Waals surface area contributed by atoms with Crippen molar-refractivity contribution in [3.05, 3.63) is 35.9 Å². The Morgan fingerprint density at radius 3 is 2.59 bits per heavy atom. The van der Waals surface area contributed by atoms with Gasteiger partial charge in [0, 0.05) is 25.9 Å². The molecule has 4 rings (SSSR count). The highest BCUT2D eigenvalue weighted by molar-refractivity contribution is 5.99. The monoisotopic (exact) mass is 398 g/mol. The fraction of sp³-hybridized carbons (Fsp3) is 0.524. The molecule has 3 aliphatic rings. The molecule has 3 fully saturated rings. The molecular formula is C21H26N4O4. The predicted octanol–water partition coefficient (Wildman–Crippen LogP) is -0.0449. The maximum absolute atomic E-state index is 13.5. The van der Waals surface area contributed by atoms with Crippen molar-refractivity contribution in [2.75, 3.05) is 13.1 Å². The number of carbonyl (C=O) groups is 4. The molecule has 1 aromatic carbocycles. The van der Waals surface area contributed by atoms with Gasteiger partial charge in [0.15, 0.2) is 0 Å². The highest BCUT2D eigenvalue weighted by Crippen LogP contribution is 2.34. The van der Waals surface area contributed by atoms with Gasteiger partial charge in [-0.15, -0.1) is 0 Å². The molecule has 1 unspecified atom stereocenters. The molecule has 4 amide bonds. The van der Waals surface area contributed by atoms with E-state index in [-0.39, 0.29) is 17.7 Å². The van der Waals surface area contributed by atoms with E-state index < -0.39 is 23.5 Å². The number of hydrogen-bond donors (Lipinski definition) is 2. The second-order valence-corrected chi connectivity index (χ2v) is 8.18. The molecule has 29 heavy (non-hydrogen) atoms. The van der Waals surface area contributed by atoms with E-state index >= 15 is 0 Å². The van der Waals surface area contributed by atoms with Gasteiger partial charge in [-0.05, 0) is 31.2 Å². The number of nitrogens with one attached hydrogen (secondary N) is 1. The smallest absolute Gasteiger partial charge is 0.249 e. The molecule has 3 aliphatic heterocycles. The Morgan fingerprint density at radius 2 is 1.93 bits per heavy atom. The van der Waals surface area contributed by atoms with Crippen LogP contribution >= 0.6 is 0 Å². The van der Waals surface area contributed by atoms with E-state index in [1.807, 2.05) is 30.3 Å². The van der Waals surface area contributed by atoms with Crippen LogP contribution < -0.4 is 11.1 Å². The summed E-state index contributed by atoms with van der Waals surface area (Å²) in [6.45, 7) is 0.860. The van der Waals surface area contributed by atoms with E-state index in [4.69, 9.17) is 5.73 Å². The van der Waals surface area contributed by atoms with Crippen LogP contribution in [0.3, 0.4) is 0 Å². The van der Waals surface area contributed by atoms with Gasteiger partial charge in [-0.3, -0.25) is 19.2 Å². The lowest BCUT2D eigenvalue weighted by Gasteiger charge is -2.33. The molecule has 0 aliphatic carbocycles. The number of primary amides is 1. The summed E-state index contributed by atoms with van der Waals surface area (Å²) in [5.41, 5.74) is 5.55. The van der Waals surface area contributed by atoms with Crippen LogP contribution in [0.25, 0.3) is 0 Å². The first-order valence-electron chi connectivity index (χ1n) is 10.2. The van der Waals surface area contributed by atoms with Gasteiger partial charge in [0.2, 0.25) is 23.6 Å². The fourth-order valence-corrected chi connectivity index (χ4v) is 4.84. The third kappa shape index (κ3) is 3.47. The van der Waals surface area contributed by atoms with Gasteiger partial charge in [0.05, 0.1) is 0 Å². The molecule has 0 radical (unpaired) electrons. The lowest BCUT2D eigenvalue weighted by Crippen LogP contribution is -2.57. The lowest BCUT2D eigenvalue weighted by molar-refractivity contribution is -0.147. The van der Waals surface area contributed by atoms with Crippen LogP contribution in [0.4, 0.5) is 0 Å². The first kappa shape index (κ1) is 19.4. The summed E-state index contributed by atoms with van der Waals surface area (Å²) in [5, 5.41) is 2.83. The minimum absolute atomic E-state index is 0.125. The summed E-state index contributed by atoms with van der Waals surface area (Å²) >= 11 is 0. The third-order valence-corrected chi connectivity index (χ3v) is 6.40. The summed E-state index contributed by atoms with van der Waals surface area (Å²) in [6.07, 6.45) is 2.90. The van der Waals surface area contributed by atoms with Crippen LogP contribution in [0.2, 0.25) is 0 Å². The maximum Gasteiger partial charge on any atom is 0.249 e. The average Bonchev–Trinajstić information content (AvgIpc) is 3.41. The first-order chi connectivity index (χ1) is 13.9. The Bertz CT molecular complexity index is 842. The molecule has 8 nitrogen and oxygen atoms in total. The average molecular weight is 398 g/mol. The highest BCUT2D eigenvalue weighted by atomic mass is 16.2. The van der Waals surface area contributed by atoms with E-state index in [1.165, 1.54) is 4.90 Å². The van der Waals surface area contributed by atoms with Gasteiger partial charge in [-0.2, -0.15) is 0 Å². The van der Waals surface area contributed by atoms with Gasteiger partial charge in [0.25, 0.3) is 0 Å². The summed E-state index contributed by atoms with van der Waals surface area (Å²) in [5.74, 6) is -1.08.